The van der Waals surface area contributed by atoms with Gasteiger partial charge in [-0.2, -0.15) is 8.78 Å². The van der Waals surface area contributed by atoms with E-state index in [0.29, 0.717) is 6.42 Å². The first-order valence-electron chi connectivity index (χ1n) is 3.90. The van der Waals surface area contributed by atoms with Crippen LogP contribution in [0.1, 0.15) is 19.8 Å². The maximum atomic E-state index is 11.8. The third kappa shape index (κ3) is 4.55. The lowest BCUT2D eigenvalue weighted by Crippen LogP contribution is -2.11. The Morgan fingerprint density at radius 2 is 2.00 bits per heavy atom. The van der Waals surface area contributed by atoms with Crippen molar-refractivity contribution in [3.05, 3.63) is 11.7 Å². The van der Waals surface area contributed by atoms with Crippen LogP contribution in [0.2, 0.25) is 0 Å². The number of esters is 1. The van der Waals surface area contributed by atoms with Crippen molar-refractivity contribution in [1.82, 2.24) is 0 Å². The highest BCUT2D eigenvalue weighted by atomic mass is 19.3. The molecule has 5 heteroatoms. The molecule has 0 fully saturated rings. The second-order valence-electron chi connectivity index (χ2n) is 2.36. The van der Waals surface area contributed by atoms with E-state index in [-0.39, 0.29) is 6.61 Å². The van der Waals surface area contributed by atoms with Crippen LogP contribution in [0.4, 0.5) is 13.2 Å². The van der Waals surface area contributed by atoms with Crippen molar-refractivity contribution in [2.45, 2.75) is 19.8 Å². The third-order valence-electron chi connectivity index (χ3n) is 1.34. The summed E-state index contributed by atoms with van der Waals surface area (Å²) in [5, 5.41) is 0. The summed E-state index contributed by atoms with van der Waals surface area (Å²) in [6.07, 6.45) is -0.955. The van der Waals surface area contributed by atoms with E-state index >= 15 is 0 Å². The molecule has 76 valence electrons. The number of carbonyl (C=O) groups is 1. The Kier molecular flexibility index (Phi) is 6.01. The second kappa shape index (κ2) is 6.51. The molecule has 0 aromatic carbocycles. The predicted molar refractivity (Wildman–Crippen MR) is 41.1 cm³/mol. The molecule has 0 atom stereocenters. The average Bonchev–Trinajstić information content (AvgIpc) is 2.05. The van der Waals surface area contributed by atoms with Gasteiger partial charge in [-0.15, -0.1) is 0 Å². The molecule has 0 rings (SSSR count). The van der Waals surface area contributed by atoms with E-state index in [0.717, 1.165) is 6.42 Å². The lowest BCUT2D eigenvalue weighted by Gasteiger charge is -2.03. The Balaban J connectivity index is 4.02. The molecule has 0 radical (unpaired) electrons. The summed E-state index contributed by atoms with van der Waals surface area (Å²) in [5.41, 5.74) is -1.18. The number of carbonyl (C=O) groups excluding carboxylic acids is 1. The summed E-state index contributed by atoms with van der Waals surface area (Å²) in [7, 11) is 0. The summed E-state index contributed by atoms with van der Waals surface area (Å²) in [6.45, 7) is 0.412. The Morgan fingerprint density at radius 1 is 1.38 bits per heavy atom. The van der Waals surface area contributed by atoms with Crippen molar-refractivity contribution in [3.63, 3.8) is 0 Å². The first kappa shape index (κ1) is 12.0. The quantitative estimate of drug-likeness (QED) is 0.383. The van der Waals surface area contributed by atoms with E-state index in [1.807, 2.05) is 6.92 Å². The van der Waals surface area contributed by atoms with Gasteiger partial charge in [-0.05, 0) is 6.42 Å². The number of ether oxygens (including phenoxy) is 1. The summed E-state index contributed by atoms with van der Waals surface area (Å²) in [4.78, 5) is 10.7. The molecule has 0 aliphatic rings. The van der Waals surface area contributed by atoms with Gasteiger partial charge in [-0.3, -0.25) is 0 Å². The zero-order valence-electron chi connectivity index (χ0n) is 7.28. The van der Waals surface area contributed by atoms with Crippen LogP contribution in [0, 0.1) is 0 Å². The molecule has 0 aliphatic heterocycles. The minimum Gasteiger partial charge on any atom is -0.462 e. The molecule has 0 saturated heterocycles. The monoisotopic (exact) mass is 196 g/mol. The third-order valence-corrected chi connectivity index (χ3v) is 1.34. The zero-order valence-corrected chi connectivity index (χ0v) is 7.28. The largest absolute Gasteiger partial charge is 0.462 e. The predicted octanol–water partition coefficient (Wildman–Crippen LogP) is 2.45. The normalized spacial score (nSPS) is 9.54. The molecule has 0 aromatic heterocycles. The summed E-state index contributed by atoms with van der Waals surface area (Å²) in [5.74, 6) is -1.27. The van der Waals surface area contributed by atoms with Crippen molar-refractivity contribution >= 4 is 5.97 Å². The zero-order chi connectivity index (χ0) is 10.3. The molecule has 0 amide bonds. The molecule has 0 aliphatic carbocycles. The van der Waals surface area contributed by atoms with E-state index in [1.54, 1.807) is 0 Å². The fourth-order valence-corrected chi connectivity index (χ4v) is 0.579. The van der Waals surface area contributed by atoms with E-state index < -0.39 is 24.3 Å². The van der Waals surface area contributed by atoms with Crippen LogP contribution < -0.4 is 0 Å². The van der Waals surface area contributed by atoms with E-state index in [4.69, 9.17) is 0 Å². The summed E-state index contributed by atoms with van der Waals surface area (Å²) >= 11 is 0. The van der Waals surface area contributed by atoms with Crippen LogP contribution in [0.5, 0.6) is 0 Å². The Hall–Kier alpha value is -1.00. The molecule has 0 heterocycles. The van der Waals surface area contributed by atoms with Gasteiger partial charge in [0.25, 0.3) is 6.08 Å². The van der Waals surface area contributed by atoms with Gasteiger partial charge in [-0.1, -0.05) is 13.3 Å². The van der Waals surface area contributed by atoms with Crippen LogP contribution in [-0.4, -0.2) is 19.3 Å². The fourth-order valence-electron chi connectivity index (χ4n) is 0.579. The van der Waals surface area contributed by atoms with Crippen molar-refractivity contribution in [1.29, 1.82) is 0 Å². The number of hydrogen-bond donors (Lipinski definition) is 0. The minimum absolute atomic E-state index is 0.0477. The van der Waals surface area contributed by atoms with Gasteiger partial charge in [-0.25, -0.2) is 9.18 Å². The second-order valence-corrected chi connectivity index (χ2v) is 2.36. The molecule has 0 spiro atoms. The molecule has 13 heavy (non-hydrogen) atoms. The van der Waals surface area contributed by atoms with E-state index in [9.17, 15) is 18.0 Å². The van der Waals surface area contributed by atoms with Crippen molar-refractivity contribution in [3.8, 4) is 0 Å². The van der Waals surface area contributed by atoms with Gasteiger partial charge in [0.2, 0.25) is 0 Å². The van der Waals surface area contributed by atoms with Gasteiger partial charge in [0.1, 0.15) is 12.2 Å². The smallest absolute Gasteiger partial charge is 0.342 e. The van der Waals surface area contributed by atoms with Gasteiger partial charge in [0, 0.05) is 0 Å². The number of hydrogen-bond acceptors (Lipinski definition) is 2. The maximum absolute atomic E-state index is 11.8. The molecular formula is C8H11F3O2. The molecule has 0 bridgehead atoms. The highest BCUT2D eigenvalue weighted by Gasteiger charge is 2.16. The lowest BCUT2D eigenvalue weighted by atomic mass is 10.3. The Labute approximate surface area is 74.4 Å². The SMILES string of the molecule is CCCCOC(=O)C(CF)=C(F)F. The first-order valence-corrected chi connectivity index (χ1v) is 3.90. The molecule has 2 nitrogen and oxygen atoms in total. The molecule has 0 aromatic rings. The van der Waals surface area contributed by atoms with Crippen molar-refractivity contribution < 1.29 is 22.7 Å². The van der Waals surface area contributed by atoms with Crippen LogP contribution in [0.25, 0.3) is 0 Å². The minimum atomic E-state index is -2.32. The number of alkyl halides is 1. The highest BCUT2D eigenvalue weighted by Crippen LogP contribution is 2.10. The van der Waals surface area contributed by atoms with Crippen molar-refractivity contribution in [2.75, 3.05) is 13.3 Å². The maximum Gasteiger partial charge on any atom is 0.342 e. The molecule has 0 unspecified atom stereocenters. The number of rotatable bonds is 5. The standard InChI is InChI=1S/C8H11F3O2/c1-2-3-4-13-8(12)6(5-9)7(10)11/h2-5H2,1H3. The van der Waals surface area contributed by atoms with E-state index in [1.165, 1.54) is 0 Å². The highest BCUT2D eigenvalue weighted by molar-refractivity contribution is 5.88. The van der Waals surface area contributed by atoms with E-state index in [2.05, 4.69) is 4.74 Å². The van der Waals surface area contributed by atoms with Crippen LogP contribution >= 0.6 is 0 Å². The topological polar surface area (TPSA) is 26.3 Å². The van der Waals surface area contributed by atoms with Crippen molar-refractivity contribution in [2.24, 2.45) is 0 Å². The molecule has 0 N–H and O–H groups in total. The van der Waals surface area contributed by atoms with Crippen LogP contribution in [0.3, 0.4) is 0 Å². The van der Waals surface area contributed by atoms with Gasteiger partial charge in [0.05, 0.1) is 6.61 Å². The number of halogens is 3. The summed E-state index contributed by atoms with van der Waals surface area (Å²) < 4.78 is 39.8. The van der Waals surface area contributed by atoms with Crippen LogP contribution in [-0.2, 0) is 9.53 Å². The van der Waals surface area contributed by atoms with Crippen LogP contribution in [0.15, 0.2) is 11.7 Å². The summed E-state index contributed by atoms with van der Waals surface area (Å²) in [6, 6.07) is 0. The fraction of sp³-hybridized carbons (Fsp3) is 0.625. The lowest BCUT2D eigenvalue weighted by molar-refractivity contribution is -0.139. The van der Waals surface area contributed by atoms with Gasteiger partial charge in [0.15, 0.2) is 0 Å². The first-order chi connectivity index (χ1) is 6.13. The Morgan fingerprint density at radius 3 is 2.38 bits per heavy atom. The molecular weight excluding hydrogens is 185 g/mol. The average molecular weight is 196 g/mol. The number of unbranched alkanes of at least 4 members (excludes halogenated alkanes) is 1. The Bertz CT molecular complexity index is 198. The van der Waals surface area contributed by atoms with Gasteiger partial charge < -0.3 is 4.74 Å². The van der Waals surface area contributed by atoms with Gasteiger partial charge >= 0.3 is 5.97 Å². The molecule has 0 saturated carbocycles.